The van der Waals surface area contributed by atoms with Crippen LogP contribution in [0.25, 0.3) is 11.2 Å². The number of benzene rings is 1. The maximum atomic E-state index is 12.9. The largest absolute Gasteiger partial charge is 0.456 e. The number of imidazole rings is 1. The van der Waals surface area contributed by atoms with Gasteiger partial charge in [0.25, 0.3) is 5.56 Å². The predicted molar refractivity (Wildman–Crippen MR) is 131 cm³/mol. The number of hydrogen-bond donors (Lipinski definition) is 0. The van der Waals surface area contributed by atoms with Gasteiger partial charge in [-0.05, 0) is 19.1 Å². The summed E-state index contributed by atoms with van der Waals surface area (Å²) in [5.74, 6) is -0.476. The van der Waals surface area contributed by atoms with Gasteiger partial charge in [-0.2, -0.15) is 0 Å². The molecule has 0 saturated carbocycles. The normalized spacial score (nSPS) is 15.1. The Balaban J connectivity index is 1.56. The van der Waals surface area contributed by atoms with Gasteiger partial charge in [-0.25, -0.2) is 19.4 Å². The van der Waals surface area contributed by atoms with Crippen LogP contribution in [0.1, 0.15) is 17.3 Å². The molecule has 1 amide bonds. The third-order valence-corrected chi connectivity index (χ3v) is 6.26. The zero-order chi connectivity index (χ0) is 25.8. The van der Waals surface area contributed by atoms with Gasteiger partial charge in [0, 0.05) is 46.8 Å². The van der Waals surface area contributed by atoms with Crippen LogP contribution in [0.15, 0.2) is 46.2 Å². The van der Waals surface area contributed by atoms with Gasteiger partial charge in [0.05, 0.1) is 25.0 Å². The molecule has 1 aliphatic heterocycles. The lowest BCUT2D eigenvalue weighted by molar-refractivity contribution is 0.00949. The Bertz CT molecular complexity index is 1350. The summed E-state index contributed by atoms with van der Waals surface area (Å²) in [5, 5.41) is 0. The van der Waals surface area contributed by atoms with Crippen LogP contribution in [0.5, 0.6) is 0 Å². The van der Waals surface area contributed by atoms with Crippen molar-refractivity contribution in [2.24, 2.45) is 14.1 Å². The molecule has 2 aromatic heterocycles. The molecule has 0 unspecified atom stereocenters. The molecule has 1 aromatic carbocycles. The van der Waals surface area contributed by atoms with Crippen LogP contribution < -0.4 is 11.2 Å². The summed E-state index contributed by atoms with van der Waals surface area (Å²) >= 11 is 0. The zero-order valence-electron chi connectivity index (χ0n) is 20.6. The number of nitrogens with zero attached hydrogens (tertiary/aromatic N) is 6. The second-order valence-electron chi connectivity index (χ2n) is 8.65. The number of ether oxygens (including phenoxy) is 2. The Morgan fingerprint density at radius 3 is 2.36 bits per heavy atom. The highest BCUT2D eigenvalue weighted by molar-refractivity contribution is 5.89. The Labute approximate surface area is 207 Å². The first-order valence-corrected chi connectivity index (χ1v) is 11.8. The van der Waals surface area contributed by atoms with Crippen molar-refractivity contribution in [3.8, 4) is 0 Å². The fraction of sp³-hybridized carbons (Fsp3) is 0.458. The molecule has 12 heteroatoms. The summed E-state index contributed by atoms with van der Waals surface area (Å²) in [5.41, 5.74) is 0.00118. The summed E-state index contributed by atoms with van der Waals surface area (Å²) in [6, 6.07) is 8.68. The number of carbonyl (C=O) groups is 2. The van der Waals surface area contributed by atoms with Crippen molar-refractivity contribution in [3.63, 3.8) is 0 Å². The van der Waals surface area contributed by atoms with Crippen molar-refractivity contribution < 1.29 is 19.1 Å². The molecule has 36 heavy (non-hydrogen) atoms. The average molecular weight is 499 g/mol. The lowest BCUT2D eigenvalue weighted by atomic mass is 10.2. The van der Waals surface area contributed by atoms with Gasteiger partial charge in [0.2, 0.25) is 0 Å². The number of rotatable bonds is 7. The van der Waals surface area contributed by atoms with E-state index in [1.165, 1.54) is 17.9 Å². The molecule has 0 N–H and O–H groups in total. The minimum atomic E-state index is -0.619. The van der Waals surface area contributed by atoms with Gasteiger partial charge in [-0.15, -0.1) is 0 Å². The van der Waals surface area contributed by atoms with E-state index in [-0.39, 0.29) is 23.8 Å². The van der Waals surface area contributed by atoms with Crippen LogP contribution in [0.2, 0.25) is 0 Å². The number of piperazine rings is 1. The quantitative estimate of drug-likeness (QED) is 0.430. The molecule has 0 aliphatic carbocycles. The third kappa shape index (κ3) is 5.18. The van der Waals surface area contributed by atoms with Crippen LogP contribution in [0.3, 0.4) is 0 Å². The Kier molecular flexibility index (Phi) is 7.53. The molecule has 1 fully saturated rings. The number of fused-ring (bicyclic) bond motifs is 1. The Morgan fingerprint density at radius 1 is 1.00 bits per heavy atom. The van der Waals surface area contributed by atoms with Gasteiger partial charge in [-0.1, -0.05) is 18.2 Å². The van der Waals surface area contributed by atoms with Crippen LogP contribution in [0, 0.1) is 0 Å². The highest BCUT2D eigenvalue weighted by atomic mass is 16.6. The van der Waals surface area contributed by atoms with Crippen molar-refractivity contribution in [1.29, 1.82) is 0 Å². The van der Waals surface area contributed by atoms with E-state index >= 15 is 0 Å². The van der Waals surface area contributed by atoms with Crippen molar-refractivity contribution in [3.05, 3.63) is 63.1 Å². The van der Waals surface area contributed by atoms with Gasteiger partial charge in [0.1, 0.15) is 6.10 Å². The van der Waals surface area contributed by atoms with Crippen molar-refractivity contribution in [1.82, 2.24) is 28.5 Å². The predicted octanol–water partition coefficient (Wildman–Crippen LogP) is 0.433. The molecule has 0 bridgehead atoms. The number of aryl methyl sites for hydroxylation is 1. The maximum absolute atomic E-state index is 12.9. The SMILES string of the molecule is CCOC(=O)N1CCN(C[C@@H](Cn2cnc3c2c(=O)n(C)c(=O)n3C)OC(=O)c2ccccc2)CC1. The molecule has 4 rings (SSSR count). The van der Waals surface area contributed by atoms with Crippen LogP contribution in [-0.4, -0.2) is 86.0 Å². The number of aromatic nitrogens is 4. The topological polar surface area (TPSA) is 121 Å². The van der Waals surface area contributed by atoms with Gasteiger partial charge in [0.15, 0.2) is 11.2 Å². The van der Waals surface area contributed by atoms with Crippen LogP contribution >= 0.6 is 0 Å². The van der Waals surface area contributed by atoms with Gasteiger partial charge in [-0.3, -0.25) is 18.8 Å². The molecule has 0 spiro atoms. The highest BCUT2D eigenvalue weighted by Gasteiger charge is 2.27. The molecule has 1 aliphatic rings. The lowest BCUT2D eigenvalue weighted by Gasteiger charge is -2.35. The van der Waals surface area contributed by atoms with Crippen molar-refractivity contribution in [2.45, 2.75) is 19.6 Å². The molecule has 1 saturated heterocycles. The van der Waals surface area contributed by atoms with E-state index in [0.29, 0.717) is 44.9 Å². The second-order valence-corrected chi connectivity index (χ2v) is 8.65. The zero-order valence-corrected chi connectivity index (χ0v) is 20.6. The smallest absolute Gasteiger partial charge is 0.409 e. The Morgan fingerprint density at radius 2 is 1.69 bits per heavy atom. The monoisotopic (exact) mass is 498 g/mol. The minimum Gasteiger partial charge on any atom is -0.456 e. The average Bonchev–Trinajstić information content (AvgIpc) is 3.30. The van der Waals surface area contributed by atoms with E-state index in [1.807, 2.05) is 6.07 Å². The van der Waals surface area contributed by atoms with Crippen LogP contribution in [-0.2, 0) is 30.1 Å². The summed E-state index contributed by atoms with van der Waals surface area (Å²) in [6.45, 7) is 4.80. The first-order chi connectivity index (χ1) is 17.3. The Hall–Kier alpha value is -3.93. The fourth-order valence-corrected chi connectivity index (χ4v) is 4.30. The van der Waals surface area contributed by atoms with Crippen molar-refractivity contribution >= 4 is 23.2 Å². The first kappa shape index (κ1) is 25.2. The standard InChI is InChI=1S/C24H30N6O6/c1-4-35-24(34)29-12-10-28(11-13-29)14-18(36-22(32)17-8-6-5-7-9-17)15-30-16-25-20-19(30)21(31)27(3)23(33)26(20)2/h5-9,16,18H,4,10-15H2,1-3H3/t18-/m0/s1. The summed E-state index contributed by atoms with van der Waals surface area (Å²) in [4.78, 5) is 58.1. The van der Waals surface area contributed by atoms with Gasteiger partial charge >= 0.3 is 17.8 Å². The van der Waals surface area contributed by atoms with E-state index in [4.69, 9.17) is 9.47 Å². The summed E-state index contributed by atoms with van der Waals surface area (Å²) in [6.07, 6.45) is 0.523. The van der Waals surface area contributed by atoms with Gasteiger partial charge < -0.3 is 18.9 Å². The third-order valence-electron chi connectivity index (χ3n) is 6.26. The van der Waals surface area contributed by atoms with E-state index in [1.54, 1.807) is 47.7 Å². The van der Waals surface area contributed by atoms with Crippen LogP contribution in [0.4, 0.5) is 4.79 Å². The fourth-order valence-electron chi connectivity index (χ4n) is 4.30. The molecular weight excluding hydrogens is 468 g/mol. The highest BCUT2D eigenvalue weighted by Crippen LogP contribution is 2.13. The molecular formula is C24H30N6O6. The number of hydrogen-bond acceptors (Lipinski definition) is 8. The molecule has 192 valence electrons. The molecule has 0 radical (unpaired) electrons. The second kappa shape index (κ2) is 10.8. The summed E-state index contributed by atoms with van der Waals surface area (Å²) < 4.78 is 14.9. The van der Waals surface area contributed by atoms with E-state index in [2.05, 4.69) is 9.88 Å². The van der Waals surface area contributed by atoms with E-state index in [0.717, 1.165) is 4.57 Å². The molecule has 3 aromatic rings. The van der Waals surface area contributed by atoms with E-state index < -0.39 is 23.3 Å². The van der Waals surface area contributed by atoms with Crippen molar-refractivity contribution in [2.75, 3.05) is 39.3 Å². The number of carbonyl (C=O) groups excluding carboxylic acids is 2. The molecule has 12 nitrogen and oxygen atoms in total. The summed E-state index contributed by atoms with van der Waals surface area (Å²) in [7, 11) is 2.97. The molecule has 1 atom stereocenters. The number of esters is 1. The van der Waals surface area contributed by atoms with E-state index in [9.17, 15) is 19.2 Å². The molecule has 3 heterocycles. The first-order valence-electron chi connectivity index (χ1n) is 11.8. The maximum Gasteiger partial charge on any atom is 0.409 e. The lowest BCUT2D eigenvalue weighted by Crippen LogP contribution is -2.51. The number of amides is 1. The minimum absolute atomic E-state index is 0.167.